The van der Waals surface area contributed by atoms with Gasteiger partial charge in [-0.05, 0) is 50.6 Å². The average molecular weight is 380 g/mol. The maximum atomic E-state index is 12.9. The second-order valence-electron chi connectivity index (χ2n) is 6.59. The summed E-state index contributed by atoms with van der Waals surface area (Å²) in [5.74, 6) is 0.0729. The lowest BCUT2D eigenvalue weighted by Gasteiger charge is -2.36. The summed E-state index contributed by atoms with van der Waals surface area (Å²) >= 11 is 0. The molecule has 1 saturated heterocycles. The minimum atomic E-state index is -0.436. The minimum Gasteiger partial charge on any atom is -0.384 e. The molecule has 1 unspecified atom stereocenters. The third-order valence-electron chi connectivity index (χ3n) is 4.89. The van der Waals surface area contributed by atoms with E-state index < -0.39 is 5.41 Å². The van der Waals surface area contributed by atoms with Gasteiger partial charge in [0.1, 0.15) is 12.7 Å². The zero-order valence-electron chi connectivity index (χ0n) is 15.1. The van der Waals surface area contributed by atoms with E-state index in [1.165, 1.54) is 6.33 Å². The minimum absolute atomic E-state index is 0. The van der Waals surface area contributed by atoms with Crippen molar-refractivity contribution in [1.82, 2.24) is 25.4 Å². The summed E-state index contributed by atoms with van der Waals surface area (Å²) in [7, 11) is 1.66. The molecule has 2 N–H and O–H groups in total. The molecule has 1 aromatic heterocycles. The molecule has 1 atom stereocenters. The van der Waals surface area contributed by atoms with Crippen LogP contribution in [0.1, 0.15) is 31.4 Å². The van der Waals surface area contributed by atoms with Gasteiger partial charge in [-0.25, -0.2) is 9.67 Å². The molecule has 1 aliphatic heterocycles. The predicted octanol–water partition coefficient (Wildman–Crippen LogP) is 1.88. The molecule has 8 heteroatoms. The summed E-state index contributed by atoms with van der Waals surface area (Å²) in [5, 5.41) is 10.6. The molecule has 1 aromatic carbocycles. The number of nitrogens with zero attached hydrogens (tertiary/aromatic N) is 3. The first-order valence-electron chi connectivity index (χ1n) is 8.60. The molecule has 2 heterocycles. The molecule has 0 bridgehead atoms. The first-order chi connectivity index (χ1) is 12.1. The van der Waals surface area contributed by atoms with Crippen molar-refractivity contribution in [1.29, 1.82) is 0 Å². The molecule has 26 heavy (non-hydrogen) atoms. The molecule has 142 valence electrons. The Bertz CT molecular complexity index is 679. The van der Waals surface area contributed by atoms with Gasteiger partial charge >= 0.3 is 0 Å². The SMILES string of the molecule is COCC1(C(=O)NC(C)c2ccc(-n3cncn3)cc2)CCNCC1.Cl. The summed E-state index contributed by atoms with van der Waals surface area (Å²) in [6.07, 6.45) is 4.76. The topological polar surface area (TPSA) is 81.1 Å². The Hall–Kier alpha value is -1.96. The zero-order valence-corrected chi connectivity index (χ0v) is 16.0. The van der Waals surface area contributed by atoms with Gasteiger partial charge in [0, 0.05) is 7.11 Å². The molecular weight excluding hydrogens is 354 g/mol. The van der Waals surface area contributed by atoms with Gasteiger partial charge in [-0.3, -0.25) is 4.79 Å². The monoisotopic (exact) mass is 379 g/mol. The third kappa shape index (κ3) is 4.41. The van der Waals surface area contributed by atoms with Crippen LogP contribution in [0.2, 0.25) is 0 Å². The Morgan fingerprint density at radius 3 is 2.62 bits per heavy atom. The Kier molecular flexibility index (Phi) is 7.14. The van der Waals surface area contributed by atoms with Gasteiger partial charge in [-0.2, -0.15) is 5.10 Å². The standard InChI is InChI=1S/C18H25N5O2.ClH/c1-14(15-3-5-16(6-4-15)23-13-20-12-21-23)22-17(24)18(11-25-2)7-9-19-10-8-18;/h3-6,12-14,19H,7-11H2,1-2H3,(H,22,24);1H. The van der Waals surface area contributed by atoms with Crippen LogP contribution in [-0.2, 0) is 9.53 Å². The highest BCUT2D eigenvalue weighted by atomic mass is 35.5. The molecule has 0 spiro atoms. The highest BCUT2D eigenvalue weighted by Gasteiger charge is 2.40. The molecule has 0 aliphatic carbocycles. The number of hydrogen-bond acceptors (Lipinski definition) is 5. The maximum absolute atomic E-state index is 12.9. The van der Waals surface area contributed by atoms with E-state index in [9.17, 15) is 4.79 Å². The van der Waals surface area contributed by atoms with Gasteiger partial charge in [0.2, 0.25) is 5.91 Å². The van der Waals surface area contributed by atoms with Crippen LogP contribution in [0.5, 0.6) is 0 Å². The van der Waals surface area contributed by atoms with Crippen molar-refractivity contribution in [3.8, 4) is 5.69 Å². The second kappa shape index (κ2) is 9.12. The summed E-state index contributed by atoms with van der Waals surface area (Å²) in [6.45, 7) is 4.15. The summed E-state index contributed by atoms with van der Waals surface area (Å²) in [5.41, 5.74) is 1.56. The number of nitrogens with one attached hydrogen (secondary N) is 2. The molecule has 1 amide bonds. The van der Waals surface area contributed by atoms with Gasteiger partial charge in [0.05, 0.1) is 23.8 Å². The Morgan fingerprint density at radius 1 is 1.35 bits per heavy atom. The van der Waals surface area contributed by atoms with Gasteiger partial charge in [-0.1, -0.05) is 12.1 Å². The molecular formula is C18H26ClN5O2. The fourth-order valence-corrected chi connectivity index (χ4v) is 3.31. The number of rotatable bonds is 6. The summed E-state index contributed by atoms with van der Waals surface area (Å²) < 4.78 is 7.05. The fraction of sp³-hybridized carbons (Fsp3) is 0.500. The largest absolute Gasteiger partial charge is 0.384 e. The van der Waals surface area contributed by atoms with E-state index in [0.717, 1.165) is 37.2 Å². The van der Waals surface area contributed by atoms with Crippen LogP contribution in [0.25, 0.3) is 5.69 Å². The first-order valence-corrected chi connectivity index (χ1v) is 8.60. The van der Waals surface area contributed by atoms with Crippen molar-refractivity contribution >= 4 is 18.3 Å². The van der Waals surface area contributed by atoms with Crippen molar-refractivity contribution in [2.75, 3.05) is 26.8 Å². The number of amides is 1. The number of carbonyl (C=O) groups is 1. The van der Waals surface area contributed by atoms with E-state index in [-0.39, 0.29) is 24.4 Å². The molecule has 3 rings (SSSR count). The quantitative estimate of drug-likeness (QED) is 0.801. The lowest BCUT2D eigenvalue weighted by Crippen LogP contribution is -2.50. The van der Waals surface area contributed by atoms with Crippen LogP contribution in [-0.4, -0.2) is 47.5 Å². The number of benzene rings is 1. The highest BCUT2D eigenvalue weighted by Crippen LogP contribution is 2.30. The molecule has 2 aromatic rings. The van der Waals surface area contributed by atoms with E-state index in [0.29, 0.717) is 6.61 Å². The number of carbonyl (C=O) groups excluding carboxylic acids is 1. The van der Waals surface area contributed by atoms with Crippen molar-refractivity contribution in [2.24, 2.45) is 5.41 Å². The Morgan fingerprint density at radius 2 is 2.04 bits per heavy atom. The molecule has 1 fully saturated rings. The number of ether oxygens (including phenoxy) is 1. The number of halogens is 1. The predicted molar refractivity (Wildman–Crippen MR) is 102 cm³/mol. The molecule has 0 saturated carbocycles. The fourth-order valence-electron chi connectivity index (χ4n) is 3.31. The van der Waals surface area contributed by atoms with Crippen molar-refractivity contribution in [3.63, 3.8) is 0 Å². The average Bonchev–Trinajstić information content (AvgIpc) is 3.17. The second-order valence-corrected chi connectivity index (χ2v) is 6.59. The van der Waals surface area contributed by atoms with E-state index in [4.69, 9.17) is 4.74 Å². The Labute approximate surface area is 159 Å². The lowest BCUT2D eigenvalue weighted by molar-refractivity contribution is -0.136. The summed E-state index contributed by atoms with van der Waals surface area (Å²) in [4.78, 5) is 16.9. The van der Waals surface area contributed by atoms with Gasteiger partial charge in [-0.15, -0.1) is 12.4 Å². The van der Waals surface area contributed by atoms with Gasteiger partial charge < -0.3 is 15.4 Å². The third-order valence-corrected chi connectivity index (χ3v) is 4.89. The van der Waals surface area contributed by atoms with E-state index >= 15 is 0 Å². The lowest BCUT2D eigenvalue weighted by atomic mass is 9.78. The van der Waals surface area contributed by atoms with Gasteiger partial charge in [0.25, 0.3) is 0 Å². The number of aromatic nitrogens is 3. The van der Waals surface area contributed by atoms with E-state index in [1.807, 2.05) is 31.2 Å². The van der Waals surface area contributed by atoms with Crippen LogP contribution in [0.15, 0.2) is 36.9 Å². The molecule has 7 nitrogen and oxygen atoms in total. The zero-order chi connectivity index (χ0) is 17.7. The molecule has 0 radical (unpaired) electrons. The van der Waals surface area contributed by atoms with E-state index in [1.54, 1.807) is 18.1 Å². The number of hydrogen-bond donors (Lipinski definition) is 2. The van der Waals surface area contributed by atoms with Crippen LogP contribution in [0, 0.1) is 5.41 Å². The van der Waals surface area contributed by atoms with Crippen LogP contribution >= 0.6 is 12.4 Å². The maximum Gasteiger partial charge on any atom is 0.229 e. The van der Waals surface area contributed by atoms with Crippen LogP contribution in [0.4, 0.5) is 0 Å². The van der Waals surface area contributed by atoms with Crippen LogP contribution < -0.4 is 10.6 Å². The number of piperidine rings is 1. The molecule has 1 aliphatic rings. The van der Waals surface area contributed by atoms with Crippen molar-refractivity contribution < 1.29 is 9.53 Å². The Balaban J connectivity index is 0.00000243. The van der Waals surface area contributed by atoms with Crippen LogP contribution in [0.3, 0.4) is 0 Å². The summed E-state index contributed by atoms with van der Waals surface area (Å²) in [6, 6.07) is 7.89. The number of methoxy groups -OCH3 is 1. The normalized spacial score (nSPS) is 17.2. The van der Waals surface area contributed by atoms with Crippen molar-refractivity contribution in [3.05, 3.63) is 42.5 Å². The van der Waals surface area contributed by atoms with E-state index in [2.05, 4.69) is 20.7 Å². The highest BCUT2D eigenvalue weighted by molar-refractivity contribution is 5.85. The van der Waals surface area contributed by atoms with Gasteiger partial charge in [0.15, 0.2) is 0 Å². The van der Waals surface area contributed by atoms with Crippen molar-refractivity contribution in [2.45, 2.75) is 25.8 Å². The first kappa shape index (κ1) is 20.4. The smallest absolute Gasteiger partial charge is 0.229 e.